The van der Waals surface area contributed by atoms with Gasteiger partial charge in [0.2, 0.25) is 0 Å². The third-order valence-electron chi connectivity index (χ3n) is 3.40. The summed E-state index contributed by atoms with van der Waals surface area (Å²) < 4.78 is 0. The topological polar surface area (TPSA) is 15.3 Å². The summed E-state index contributed by atoms with van der Waals surface area (Å²) in [5.41, 5.74) is 0. The van der Waals surface area contributed by atoms with E-state index in [1.54, 1.807) is 0 Å². The molecular formula is C14H30N2. The van der Waals surface area contributed by atoms with Gasteiger partial charge in [0, 0.05) is 31.7 Å². The maximum atomic E-state index is 3.53. The van der Waals surface area contributed by atoms with Crippen LogP contribution in [0.25, 0.3) is 0 Å². The minimum absolute atomic E-state index is 0.663. The number of nitrogens with zero attached hydrogens (tertiary/aromatic N) is 1. The fourth-order valence-electron chi connectivity index (χ4n) is 2.78. The van der Waals surface area contributed by atoms with Gasteiger partial charge in [0.1, 0.15) is 0 Å². The van der Waals surface area contributed by atoms with E-state index in [0.717, 1.165) is 24.4 Å². The van der Waals surface area contributed by atoms with Crippen molar-refractivity contribution >= 4 is 0 Å². The monoisotopic (exact) mass is 226 g/mol. The van der Waals surface area contributed by atoms with Crippen molar-refractivity contribution in [1.82, 2.24) is 10.2 Å². The van der Waals surface area contributed by atoms with Gasteiger partial charge in [-0.2, -0.15) is 0 Å². The Morgan fingerprint density at radius 1 is 1.12 bits per heavy atom. The molecule has 96 valence electrons. The summed E-state index contributed by atoms with van der Waals surface area (Å²) >= 11 is 0. The van der Waals surface area contributed by atoms with E-state index < -0.39 is 0 Å². The first-order valence-electron chi connectivity index (χ1n) is 6.96. The summed E-state index contributed by atoms with van der Waals surface area (Å²) in [4.78, 5) is 2.71. The molecular weight excluding hydrogens is 196 g/mol. The van der Waals surface area contributed by atoms with Crippen molar-refractivity contribution in [3.8, 4) is 0 Å². The van der Waals surface area contributed by atoms with Crippen LogP contribution in [0.15, 0.2) is 0 Å². The van der Waals surface area contributed by atoms with E-state index in [1.807, 2.05) is 0 Å². The Morgan fingerprint density at radius 2 is 1.69 bits per heavy atom. The van der Waals surface area contributed by atoms with Gasteiger partial charge in [-0.05, 0) is 31.6 Å². The molecule has 2 nitrogen and oxygen atoms in total. The third-order valence-corrected chi connectivity index (χ3v) is 3.40. The molecule has 16 heavy (non-hydrogen) atoms. The fraction of sp³-hybridized carbons (Fsp3) is 1.00. The normalized spacial score (nSPS) is 23.6. The molecule has 1 aliphatic rings. The highest BCUT2D eigenvalue weighted by atomic mass is 15.2. The smallest absolute Gasteiger partial charge is 0.0167 e. The van der Waals surface area contributed by atoms with Crippen LogP contribution in [0.2, 0.25) is 0 Å². The minimum atomic E-state index is 0.663. The van der Waals surface area contributed by atoms with Gasteiger partial charge in [-0.3, -0.25) is 4.90 Å². The molecule has 1 aliphatic heterocycles. The van der Waals surface area contributed by atoms with Gasteiger partial charge in [0.05, 0.1) is 0 Å². The number of piperazine rings is 1. The Hall–Kier alpha value is -0.0800. The van der Waals surface area contributed by atoms with Crippen LogP contribution in [-0.4, -0.2) is 36.6 Å². The Labute approximate surface area is 102 Å². The van der Waals surface area contributed by atoms with E-state index in [9.17, 15) is 0 Å². The van der Waals surface area contributed by atoms with Crippen LogP contribution in [0.5, 0.6) is 0 Å². The lowest BCUT2D eigenvalue weighted by atomic mass is 9.93. The molecule has 1 N–H and O–H groups in total. The molecule has 0 aliphatic carbocycles. The van der Waals surface area contributed by atoms with E-state index >= 15 is 0 Å². The zero-order valence-corrected chi connectivity index (χ0v) is 11.8. The Balaban J connectivity index is 2.52. The van der Waals surface area contributed by atoms with E-state index in [4.69, 9.17) is 0 Å². The predicted molar refractivity (Wildman–Crippen MR) is 71.7 cm³/mol. The average molecular weight is 226 g/mol. The molecule has 0 radical (unpaired) electrons. The van der Waals surface area contributed by atoms with Crippen molar-refractivity contribution < 1.29 is 0 Å². The summed E-state index contributed by atoms with van der Waals surface area (Å²) in [5, 5.41) is 3.53. The number of hydrogen-bond acceptors (Lipinski definition) is 2. The van der Waals surface area contributed by atoms with E-state index in [1.165, 1.54) is 25.9 Å². The van der Waals surface area contributed by atoms with Crippen molar-refractivity contribution in [3.05, 3.63) is 0 Å². The Bertz CT molecular complexity index is 179. The molecule has 0 aromatic carbocycles. The van der Waals surface area contributed by atoms with Crippen molar-refractivity contribution in [1.29, 1.82) is 0 Å². The van der Waals surface area contributed by atoms with Crippen molar-refractivity contribution in [2.45, 2.75) is 59.5 Å². The van der Waals surface area contributed by atoms with Gasteiger partial charge < -0.3 is 5.32 Å². The SMILES string of the molecule is CC(C)CC(CC(C)C)N1CCNC(C)C1. The van der Waals surface area contributed by atoms with Gasteiger partial charge >= 0.3 is 0 Å². The molecule has 1 saturated heterocycles. The van der Waals surface area contributed by atoms with Gasteiger partial charge in [-0.15, -0.1) is 0 Å². The Morgan fingerprint density at radius 3 is 2.12 bits per heavy atom. The van der Waals surface area contributed by atoms with Crippen molar-refractivity contribution in [2.75, 3.05) is 19.6 Å². The standard InChI is InChI=1S/C14H30N2/c1-11(2)8-14(9-12(3)4)16-7-6-15-13(5)10-16/h11-15H,6-10H2,1-5H3. The van der Waals surface area contributed by atoms with Crippen LogP contribution in [0.1, 0.15) is 47.5 Å². The van der Waals surface area contributed by atoms with Crippen molar-refractivity contribution in [3.63, 3.8) is 0 Å². The van der Waals surface area contributed by atoms with E-state index in [2.05, 4.69) is 44.8 Å². The Kier molecular flexibility index (Phi) is 5.77. The predicted octanol–water partition coefficient (Wildman–Crippen LogP) is 2.74. The highest BCUT2D eigenvalue weighted by molar-refractivity contribution is 4.82. The van der Waals surface area contributed by atoms with Crippen LogP contribution in [0.3, 0.4) is 0 Å². The van der Waals surface area contributed by atoms with Crippen LogP contribution in [0.4, 0.5) is 0 Å². The maximum Gasteiger partial charge on any atom is 0.0167 e. The number of nitrogens with one attached hydrogen (secondary N) is 1. The summed E-state index contributed by atoms with van der Waals surface area (Å²) in [5.74, 6) is 1.63. The second-order valence-electron chi connectivity index (χ2n) is 6.26. The first kappa shape index (κ1) is 14.0. The second kappa shape index (κ2) is 6.61. The van der Waals surface area contributed by atoms with Crippen LogP contribution >= 0.6 is 0 Å². The molecule has 0 spiro atoms. The summed E-state index contributed by atoms with van der Waals surface area (Å²) in [6.07, 6.45) is 2.70. The maximum absolute atomic E-state index is 3.53. The molecule has 0 amide bonds. The van der Waals surface area contributed by atoms with Gasteiger partial charge in [0.15, 0.2) is 0 Å². The molecule has 1 atom stereocenters. The van der Waals surface area contributed by atoms with E-state index in [-0.39, 0.29) is 0 Å². The van der Waals surface area contributed by atoms with Crippen molar-refractivity contribution in [2.24, 2.45) is 11.8 Å². The summed E-state index contributed by atoms with van der Waals surface area (Å²) in [7, 11) is 0. The van der Waals surface area contributed by atoms with Gasteiger partial charge in [-0.25, -0.2) is 0 Å². The molecule has 1 unspecified atom stereocenters. The molecule has 0 saturated carbocycles. The number of rotatable bonds is 5. The van der Waals surface area contributed by atoms with Crippen LogP contribution < -0.4 is 5.32 Å². The molecule has 1 heterocycles. The lowest BCUT2D eigenvalue weighted by molar-refractivity contribution is 0.116. The average Bonchev–Trinajstić information content (AvgIpc) is 2.15. The lowest BCUT2D eigenvalue weighted by Crippen LogP contribution is -2.53. The minimum Gasteiger partial charge on any atom is -0.312 e. The highest BCUT2D eigenvalue weighted by Crippen LogP contribution is 2.20. The largest absolute Gasteiger partial charge is 0.312 e. The molecule has 0 aromatic heterocycles. The fourth-order valence-corrected chi connectivity index (χ4v) is 2.78. The second-order valence-corrected chi connectivity index (χ2v) is 6.26. The highest BCUT2D eigenvalue weighted by Gasteiger charge is 2.24. The molecule has 1 rings (SSSR count). The first-order chi connectivity index (χ1) is 7.49. The molecule has 0 bridgehead atoms. The molecule has 1 fully saturated rings. The van der Waals surface area contributed by atoms with Crippen LogP contribution in [0, 0.1) is 11.8 Å². The zero-order valence-electron chi connectivity index (χ0n) is 11.8. The third kappa shape index (κ3) is 4.84. The molecule has 2 heteroatoms. The number of hydrogen-bond donors (Lipinski definition) is 1. The molecule has 0 aromatic rings. The zero-order chi connectivity index (χ0) is 12.1. The summed E-state index contributed by atoms with van der Waals surface area (Å²) in [6.45, 7) is 15.3. The first-order valence-corrected chi connectivity index (χ1v) is 6.96. The van der Waals surface area contributed by atoms with Gasteiger partial charge in [-0.1, -0.05) is 27.7 Å². The van der Waals surface area contributed by atoms with Crippen LogP contribution in [-0.2, 0) is 0 Å². The van der Waals surface area contributed by atoms with E-state index in [0.29, 0.717) is 6.04 Å². The quantitative estimate of drug-likeness (QED) is 0.775. The lowest BCUT2D eigenvalue weighted by Gasteiger charge is -2.39. The summed E-state index contributed by atoms with van der Waals surface area (Å²) in [6, 6.07) is 1.46. The van der Waals surface area contributed by atoms with Gasteiger partial charge in [0.25, 0.3) is 0 Å².